The molecule has 0 spiro atoms. The molecule has 0 radical (unpaired) electrons. The second kappa shape index (κ2) is 5.59. The number of ether oxygens (including phenoxy) is 1. The fourth-order valence-corrected chi connectivity index (χ4v) is 2.98. The van der Waals surface area contributed by atoms with Crippen LogP contribution in [-0.2, 0) is 4.79 Å². The van der Waals surface area contributed by atoms with E-state index in [-0.39, 0.29) is 11.4 Å². The maximum atomic E-state index is 11.7. The molecule has 0 bridgehead atoms. The third-order valence-corrected chi connectivity index (χ3v) is 4.14. The van der Waals surface area contributed by atoms with Crippen LogP contribution < -0.4 is 9.64 Å². The van der Waals surface area contributed by atoms with Gasteiger partial charge in [0.25, 0.3) is 0 Å². The summed E-state index contributed by atoms with van der Waals surface area (Å²) in [5, 5.41) is 20.5. The first-order chi connectivity index (χ1) is 9.96. The average molecular weight is 294 g/mol. The summed E-state index contributed by atoms with van der Waals surface area (Å²) in [6.07, 6.45) is 1.82. The Hall–Kier alpha value is -2.31. The van der Waals surface area contributed by atoms with Crippen molar-refractivity contribution < 1.29 is 19.6 Å². The summed E-state index contributed by atoms with van der Waals surface area (Å²) in [5.41, 5.74) is -0.432. The molecule has 1 aliphatic rings. The van der Waals surface area contributed by atoms with Crippen LogP contribution in [0.3, 0.4) is 0 Å². The van der Waals surface area contributed by atoms with Crippen molar-refractivity contribution in [2.45, 2.75) is 31.7 Å². The van der Waals surface area contributed by atoms with Crippen LogP contribution in [0.4, 0.5) is 11.4 Å². The summed E-state index contributed by atoms with van der Waals surface area (Å²) in [6.45, 7) is 2.45. The monoisotopic (exact) mass is 294 g/mol. The van der Waals surface area contributed by atoms with Crippen molar-refractivity contribution in [2.24, 2.45) is 0 Å². The zero-order valence-corrected chi connectivity index (χ0v) is 12.0. The SMILES string of the molecule is CCC1(C(=O)O)CCCN1c1ccc([N+](=O)[O-])c(OC)c1. The van der Waals surface area contributed by atoms with Crippen LogP contribution in [0.5, 0.6) is 5.75 Å². The average Bonchev–Trinajstić information content (AvgIpc) is 2.91. The quantitative estimate of drug-likeness (QED) is 0.662. The van der Waals surface area contributed by atoms with Gasteiger partial charge in [0.1, 0.15) is 5.54 Å². The molecule has 1 unspecified atom stereocenters. The number of hydrogen-bond acceptors (Lipinski definition) is 5. The molecule has 7 nitrogen and oxygen atoms in total. The van der Waals surface area contributed by atoms with Crippen LogP contribution in [0, 0.1) is 10.1 Å². The number of carboxylic acid groups (broad SMARTS) is 1. The third kappa shape index (κ3) is 2.39. The minimum Gasteiger partial charge on any atom is -0.490 e. The number of aliphatic carboxylic acids is 1. The lowest BCUT2D eigenvalue weighted by Gasteiger charge is -2.35. The summed E-state index contributed by atoms with van der Waals surface area (Å²) < 4.78 is 5.05. The van der Waals surface area contributed by atoms with E-state index in [1.807, 2.05) is 11.8 Å². The van der Waals surface area contributed by atoms with E-state index < -0.39 is 16.4 Å². The van der Waals surface area contributed by atoms with E-state index in [1.165, 1.54) is 19.2 Å². The predicted molar refractivity (Wildman–Crippen MR) is 76.9 cm³/mol. The van der Waals surface area contributed by atoms with Gasteiger partial charge in [0.2, 0.25) is 0 Å². The molecular formula is C14H18N2O5. The largest absolute Gasteiger partial charge is 0.490 e. The smallest absolute Gasteiger partial charge is 0.329 e. The zero-order valence-electron chi connectivity index (χ0n) is 12.0. The molecule has 1 saturated heterocycles. The Kier molecular flexibility index (Phi) is 4.02. The van der Waals surface area contributed by atoms with E-state index in [0.717, 1.165) is 6.42 Å². The minimum absolute atomic E-state index is 0.127. The Balaban J connectivity index is 2.46. The number of benzene rings is 1. The molecule has 1 fully saturated rings. The fraction of sp³-hybridized carbons (Fsp3) is 0.500. The van der Waals surface area contributed by atoms with Crippen molar-refractivity contribution in [2.75, 3.05) is 18.6 Å². The lowest BCUT2D eigenvalue weighted by molar-refractivity contribution is -0.385. The van der Waals surface area contributed by atoms with Crippen molar-refractivity contribution in [1.82, 2.24) is 0 Å². The topological polar surface area (TPSA) is 92.9 Å². The Morgan fingerprint density at radius 1 is 1.57 bits per heavy atom. The molecule has 0 aliphatic carbocycles. The van der Waals surface area contributed by atoms with Gasteiger partial charge in [-0.2, -0.15) is 0 Å². The highest BCUT2D eigenvalue weighted by atomic mass is 16.6. The number of rotatable bonds is 5. The molecule has 1 atom stereocenters. The molecule has 7 heteroatoms. The molecule has 1 heterocycles. The summed E-state index contributed by atoms with van der Waals surface area (Å²) in [5.74, 6) is -0.723. The van der Waals surface area contributed by atoms with E-state index in [4.69, 9.17) is 4.74 Å². The summed E-state index contributed by atoms with van der Waals surface area (Å²) >= 11 is 0. The van der Waals surface area contributed by atoms with Gasteiger partial charge in [-0.05, 0) is 25.3 Å². The standard InChI is InChI=1S/C14H18N2O5/c1-3-14(13(17)18)7-4-8-15(14)10-5-6-11(16(19)20)12(9-10)21-2/h5-6,9H,3-4,7-8H2,1-2H3,(H,17,18). The highest BCUT2D eigenvalue weighted by Gasteiger charge is 2.46. The van der Waals surface area contributed by atoms with Gasteiger partial charge < -0.3 is 14.7 Å². The number of carbonyl (C=O) groups is 1. The molecule has 1 N–H and O–H groups in total. The fourth-order valence-electron chi connectivity index (χ4n) is 2.98. The summed E-state index contributed by atoms with van der Waals surface area (Å²) in [4.78, 5) is 23.9. The second-order valence-corrected chi connectivity index (χ2v) is 5.06. The Labute approximate surface area is 122 Å². The molecular weight excluding hydrogens is 276 g/mol. The molecule has 1 aromatic carbocycles. The van der Waals surface area contributed by atoms with Gasteiger partial charge in [-0.1, -0.05) is 6.92 Å². The predicted octanol–water partition coefficient (Wildman–Crippen LogP) is 2.44. The van der Waals surface area contributed by atoms with Crippen LogP contribution in [0.25, 0.3) is 0 Å². The lowest BCUT2D eigenvalue weighted by atomic mass is 9.92. The first-order valence-corrected chi connectivity index (χ1v) is 6.79. The molecule has 2 rings (SSSR count). The van der Waals surface area contributed by atoms with E-state index in [1.54, 1.807) is 6.07 Å². The molecule has 21 heavy (non-hydrogen) atoms. The molecule has 114 valence electrons. The summed E-state index contributed by atoms with van der Waals surface area (Å²) in [6, 6.07) is 4.48. The number of hydrogen-bond donors (Lipinski definition) is 1. The first-order valence-electron chi connectivity index (χ1n) is 6.79. The molecule has 0 saturated carbocycles. The van der Waals surface area contributed by atoms with Gasteiger partial charge in [0.15, 0.2) is 5.75 Å². The molecule has 0 aromatic heterocycles. The number of nitro groups is 1. The van der Waals surface area contributed by atoms with Crippen molar-refractivity contribution in [3.8, 4) is 5.75 Å². The lowest BCUT2D eigenvalue weighted by Crippen LogP contribution is -2.50. The molecule has 1 aromatic rings. The maximum absolute atomic E-state index is 11.7. The number of nitrogens with zero attached hydrogens (tertiary/aromatic N) is 2. The number of nitro benzene ring substituents is 1. The van der Waals surface area contributed by atoms with Gasteiger partial charge in [-0.25, -0.2) is 4.79 Å². The van der Waals surface area contributed by atoms with E-state index >= 15 is 0 Å². The van der Waals surface area contributed by atoms with Crippen LogP contribution in [0.2, 0.25) is 0 Å². The highest BCUT2D eigenvalue weighted by molar-refractivity contribution is 5.84. The zero-order chi connectivity index (χ0) is 15.6. The van der Waals surface area contributed by atoms with Gasteiger partial charge in [-0.15, -0.1) is 0 Å². The van der Waals surface area contributed by atoms with Gasteiger partial charge in [0, 0.05) is 24.4 Å². The van der Waals surface area contributed by atoms with Crippen molar-refractivity contribution in [3.63, 3.8) is 0 Å². The maximum Gasteiger partial charge on any atom is 0.329 e. The second-order valence-electron chi connectivity index (χ2n) is 5.06. The number of carboxylic acids is 1. The van der Waals surface area contributed by atoms with Gasteiger partial charge in [0.05, 0.1) is 12.0 Å². The van der Waals surface area contributed by atoms with E-state index in [2.05, 4.69) is 0 Å². The van der Waals surface area contributed by atoms with E-state index in [0.29, 0.717) is 25.1 Å². The van der Waals surface area contributed by atoms with Gasteiger partial charge >= 0.3 is 11.7 Å². The van der Waals surface area contributed by atoms with Gasteiger partial charge in [-0.3, -0.25) is 10.1 Å². The number of anilines is 1. The molecule has 1 aliphatic heterocycles. The van der Waals surface area contributed by atoms with Crippen LogP contribution in [0.15, 0.2) is 18.2 Å². The normalized spacial score (nSPS) is 21.3. The number of methoxy groups -OCH3 is 1. The van der Waals surface area contributed by atoms with E-state index in [9.17, 15) is 20.0 Å². The van der Waals surface area contributed by atoms with Crippen molar-refractivity contribution in [3.05, 3.63) is 28.3 Å². The summed E-state index contributed by atoms with van der Waals surface area (Å²) in [7, 11) is 1.36. The van der Waals surface area contributed by atoms with Crippen LogP contribution >= 0.6 is 0 Å². The highest BCUT2D eigenvalue weighted by Crippen LogP contribution is 2.40. The Morgan fingerprint density at radius 2 is 2.29 bits per heavy atom. The minimum atomic E-state index is -0.943. The van der Waals surface area contributed by atoms with Crippen LogP contribution in [-0.4, -0.2) is 35.2 Å². The third-order valence-electron chi connectivity index (χ3n) is 4.14. The molecule has 0 amide bonds. The first kappa shape index (κ1) is 15.1. The van der Waals surface area contributed by atoms with Crippen molar-refractivity contribution in [1.29, 1.82) is 0 Å². The van der Waals surface area contributed by atoms with Crippen molar-refractivity contribution >= 4 is 17.3 Å². The van der Waals surface area contributed by atoms with Crippen LogP contribution in [0.1, 0.15) is 26.2 Å². The Bertz CT molecular complexity index is 574. The Morgan fingerprint density at radius 3 is 2.81 bits per heavy atom.